The van der Waals surface area contributed by atoms with Crippen LogP contribution in [0.25, 0.3) is 0 Å². The van der Waals surface area contributed by atoms with Crippen LogP contribution in [-0.4, -0.2) is 48.1 Å². The number of nitrogens with one attached hydrogen (secondary N) is 1. The van der Waals surface area contributed by atoms with Crippen molar-refractivity contribution in [2.24, 2.45) is 0 Å². The van der Waals surface area contributed by atoms with Gasteiger partial charge in [-0.05, 0) is 19.8 Å². The topological polar surface area (TPSA) is 75.2 Å². The molecule has 0 aromatic carbocycles. The Bertz CT molecular complexity index is 511. The maximum Gasteiger partial charge on any atom is 0.211 e. The average Bonchev–Trinajstić information content (AvgIpc) is 2.41. The second-order valence-electron chi connectivity index (χ2n) is 4.63. The van der Waals surface area contributed by atoms with Gasteiger partial charge in [-0.1, -0.05) is 13.8 Å². The lowest BCUT2D eigenvalue weighted by molar-refractivity contribution is 0.331. The third-order valence-corrected chi connectivity index (χ3v) is 4.38. The molecule has 114 valence electrons. The zero-order valence-corrected chi connectivity index (χ0v) is 13.4. The third-order valence-electron chi connectivity index (χ3n) is 3.08. The summed E-state index contributed by atoms with van der Waals surface area (Å²) in [6.07, 6.45) is 4.39. The van der Waals surface area contributed by atoms with Crippen molar-refractivity contribution in [3.63, 3.8) is 0 Å². The highest BCUT2D eigenvalue weighted by atomic mass is 32.2. The van der Waals surface area contributed by atoms with Crippen molar-refractivity contribution in [2.45, 2.75) is 39.7 Å². The number of hydrogen-bond acceptors (Lipinski definition) is 5. The van der Waals surface area contributed by atoms with Gasteiger partial charge < -0.3 is 5.32 Å². The minimum Gasteiger partial charge on any atom is -0.367 e. The van der Waals surface area contributed by atoms with Gasteiger partial charge >= 0.3 is 0 Å². The van der Waals surface area contributed by atoms with Gasteiger partial charge in [-0.3, -0.25) is 0 Å². The van der Waals surface area contributed by atoms with Crippen LogP contribution in [0, 0.1) is 6.92 Å². The summed E-state index contributed by atoms with van der Waals surface area (Å²) in [7, 11) is -3.05. The summed E-state index contributed by atoms with van der Waals surface area (Å²) in [6, 6.07) is 2.17. The van der Waals surface area contributed by atoms with E-state index >= 15 is 0 Å². The second kappa shape index (κ2) is 7.54. The lowest BCUT2D eigenvalue weighted by Gasteiger charge is -2.30. The highest BCUT2D eigenvalue weighted by molar-refractivity contribution is 7.88. The summed E-state index contributed by atoms with van der Waals surface area (Å²) in [5.41, 5.74) is 0.918. The molecule has 1 aliphatic rings. The molecular formula is C13H24N4O2S. The van der Waals surface area contributed by atoms with Gasteiger partial charge in [-0.2, -0.15) is 0 Å². The molecule has 0 aliphatic carbocycles. The van der Waals surface area contributed by atoms with Crippen LogP contribution < -0.4 is 5.32 Å². The number of aryl methyl sites for hydroxylation is 1. The molecule has 1 N–H and O–H groups in total. The van der Waals surface area contributed by atoms with Gasteiger partial charge in [0, 0.05) is 30.9 Å². The number of aromatic nitrogens is 2. The molecule has 2 heterocycles. The molecule has 1 saturated heterocycles. The maximum atomic E-state index is 11.4. The average molecular weight is 300 g/mol. The Labute approximate surface area is 121 Å². The number of piperidine rings is 1. The Morgan fingerprint density at radius 3 is 2.35 bits per heavy atom. The van der Waals surface area contributed by atoms with Crippen LogP contribution in [0.2, 0.25) is 0 Å². The minimum absolute atomic E-state index is 0.275. The lowest BCUT2D eigenvalue weighted by atomic mass is 10.1. The van der Waals surface area contributed by atoms with Crippen molar-refractivity contribution in [1.82, 2.24) is 14.3 Å². The number of hydrogen-bond donors (Lipinski definition) is 1. The van der Waals surface area contributed by atoms with Gasteiger partial charge in [0.15, 0.2) is 0 Å². The fourth-order valence-corrected chi connectivity index (χ4v) is 2.95. The summed E-state index contributed by atoms with van der Waals surface area (Å²) in [5, 5.41) is 3.32. The van der Waals surface area contributed by atoms with Crippen molar-refractivity contribution >= 4 is 15.8 Å². The second-order valence-corrected chi connectivity index (χ2v) is 6.61. The van der Waals surface area contributed by atoms with Gasteiger partial charge in [0.05, 0.1) is 6.26 Å². The number of rotatable bonds is 3. The molecule has 1 aromatic rings. The van der Waals surface area contributed by atoms with Gasteiger partial charge in [0.25, 0.3) is 0 Å². The Morgan fingerprint density at radius 1 is 1.25 bits per heavy atom. The SMILES string of the molecule is CC.Cc1cc(NC2CCN(S(C)(=O)=O)CC2)ncn1. The highest BCUT2D eigenvalue weighted by Crippen LogP contribution is 2.16. The van der Waals surface area contributed by atoms with Crippen molar-refractivity contribution < 1.29 is 8.42 Å². The van der Waals surface area contributed by atoms with E-state index in [9.17, 15) is 8.42 Å². The van der Waals surface area contributed by atoms with Gasteiger partial charge in [0.1, 0.15) is 12.1 Å². The van der Waals surface area contributed by atoms with E-state index in [4.69, 9.17) is 0 Å². The van der Waals surface area contributed by atoms with Crippen LogP contribution in [0.5, 0.6) is 0 Å². The highest BCUT2D eigenvalue weighted by Gasteiger charge is 2.24. The zero-order chi connectivity index (χ0) is 15.2. The number of anilines is 1. The first kappa shape index (κ1) is 16.8. The van der Waals surface area contributed by atoms with E-state index in [2.05, 4.69) is 15.3 Å². The molecule has 2 rings (SSSR count). The van der Waals surface area contributed by atoms with E-state index in [0.717, 1.165) is 24.4 Å². The molecule has 0 unspecified atom stereocenters. The first-order valence-electron chi connectivity index (χ1n) is 6.95. The molecule has 1 fully saturated rings. The Hall–Kier alpha value is -1.21. The Balaban J connectivity index is 0.000000956. The molecule has 0 spiro atoms. The van der Waals surface area contributed by atoms with E-state index in [1.165, 1.54) is 16.9 Å². The van der Waals surface area contributed by atoms with Gasteiger partial charge in [0.2, 0.25) is 10.0 Å². The molecule has 0 amide bonds. The van der Waals surface area contributed by atoms with Crippen molar-refractivity contribution in [1.29, 1.82) is 0 Å². The van der Waals surface area contributed by atoms with Crippen LogP contribution in [-0.2, 0) is 10.0 Å². The molecule has 1 aliphatic heterocycles. The fraction of sp³-hybridized carbons (Fsp3) is 0.692. The molecule has 0 radical (unpaired) electrons. The van der Waals surface area contributed by atoms with E-state index in [1.54, 1.807) is 0 Å². The Morgan fingerprint density at radius 2 is 1.85 bits per heavy atom. The molecule has 0 atom stereocenters. The normalized spacial score (nSPS) is 17.2. The largest absolute Gasteiger partial charge is 0.367 e. The van der Waals surface area contributed by atoms with Crippen LogP contribution in [0.3, 0.4) is 0 Å². The van der Waals surface area contributed by atoms with Crippen LogP contribution in [0.15, 0.2) is 12.4 Å². The first-order valence-corrected chi connectivity index (χ1v) is 8.80. The maximum absolute atomic E-state index is 11.4. The van der Waals surface area contributed by atoms with E-state index < -0.39 is 10.0 Å². The quantitative estimate of drug-likeness (QED) is 0.918. The van der Waals surface area contributed by atoms with E-state index in [0.29, 0.717) is 13.1 Å². The zero-order valence-electron chi connectivity index (χ0n) is 12.6. The molecule has 6 nitrogen and oxygen atoms in total. The molecule has 20 heavy (non-hydrogen) atoms. The van der Waals surface area contributed by atoms with Gasteiger partial charge in [-0.15, -0.1) is 0 Å². The summed E-state index contributed by atoms with van der Waals surface area (Å²) in [6.45, 7) is 7.06. The van der Waals surface area contributed by atoms with Crippen molar-refractivity contribution in [2.75, 3.05) is 24.7 Å². The molecule has 0 saturated carbocycles. The first-order chi connectivity index (χ1) is 9.45. The predicted octanol–water partition coefficient (Wildman–Crippen LogP) is 1.65. The van der Waals surface area contributed by atoms with E-state index in [-0.39, 0.29) is 6.04 Å². The van der Waals surface area contributed by atoms with E-state index in [1.807, 2.05) is 26.8 Å². The predicted molar refractivity (Wildman–Crippen MR) is 81.2 cm³/mol. The lowest BCUT2D eigenvalue weighted by Crippen LogP contribution is -2.41. The van der Waals surface area contributed by atoms with Gasteiger partial charge in [-0.25, -0.2) is 22.7 Å². The molecular weight excluding hydrogens is 276 g/mol. The minimum atomic E-state index is -3.05. The summed E-state index contributed by atoms with van der Waals surface area (Å²) < 4.78 is 24.3. The number of nitrogens with zero attached hydrogens (tertiary/aromatic N) is 3. The van der Waals surface area contributed by atoms with Crippen LogP contribution >= 0.6 is 0 Å². The summed E-state index contributed by atoms with van der Waals surface area (Å²) in [5.74, 6) is 0.806. The van der Waals surface area contributed by atoms with Crippen molar-refractivity contribution in [3.8, 4) is 0 Å². The smallest absolute Gasteiger partial charge is 0.211 e. The Kier molecular flexibility index (Phi) is 6.35. The van der Waals surface area contributed by atoms with Crippen LogP contribution in [0.1, 0.15) is 32.4 Å². The van der Waals surface area contributed by atoms with Crippen LogP contribution in [0.4, 0.5) is 5.82 Å². The molecule has 0 bridgehead atoms. The standard InChI is InChI=1S/C11H18N4O2S.C2H6/c1-9-7-11(13-8-12-9)14-10-3-5-15(6-4-10)18(2,16)17;1-2/h7-8,10H,3-6H2,1-2H3,(H,12,13,14);1-2H3. The summed E-state index contributed by atoms with van der Waals surface area (Å²) in [4.78, 5) is 8.19. The molecule has 1 aromatic heterocycles. The monoisotopic (exact) mass is 300 g/mol. The summed E-state index contributed by atoms with van der Waals surface area (Å²) >= 11 is 0. The number of sulfonamides is 1. The van der Waals surface area contributed by atoms with Crippen molar-refractivity contribution in [3.05, 3.63) is 18.1 Å². The molecule has 7 heteroatoms. The fourth-order valence-electron chi connectivity index (χ4n) is 2.07. The third kappa shape index (κ3) is 5.05.